The number of aryl methyl sites for hydroxylation is 2. The average molecular weight is 277 g/mol. The van der Waals surface area contributed by atoms with Crippen molar-refractivity contribution in [3.63, 3.8) is 0 Å². The van der Waals surface area contributed by atoms with E-state index in [0.717, 1.165) is 42.7 Å². The van der Waals surface area contributed by atoms with Crippen molar-refractivity contribution in [2.75, 3.05) is 32.1 Å². The molecule has 0 amide bonds. The van der Waals surface area contributed by atoms with Gasteiger partial charge in [-0.15, -0.1) is 0 Å². The fourth-order valence-electron chi connectivity index (χ4n) is 2.95. The predicted molar refractivity (Wildman–Crippen MR) is 81.5 cm³/mol. The molecule has 1 heterocycles. The molecule has 1 saturated heterocycles. The largest absolute Gasteiger partial charge is 0.371 e. The number of rotatable bonds is 3. The Kier molecular flexibility index (Phi) is 4.28. The minimum absolute atomic E-state index is 0.217. The summed E-state index contributed by atoms with van der Waals surface area (Å²) in [4.78, 5) is 15.3. The smallest absolute Gasteiger partial charge is 0.272 e. The van der Waals surface area contributed by atoms with E-state index in [2.05, 4.69) is 23.9 Å². The first kappa shape index (κ1) is 14.8. The van der Waals surface area contributed by atoms with E-state index in [0.29, 0.717) is 6.04 Å². The van der Waals surface area contributed by atoms with Gasteiger partial charge in [0.15, 0.2) is 0 Å². The van der Waals surface area contributed by atoms with Gasteiger partial charge < -0.3 is 9.80 Å². The molecule has 5 nitrogen and oxygen atoms in total. The third-order valence-electron chi connectivity index (χ3n) is 4.25. The molecule has 20 heavy (non-hydrogen) atoms. The third-order valence-corrected chi connectivity index (χ3v) is 4.25. The number of nitro benzene ring substituents is 1. The summed E-state index contributed by atoms with van der Waals surface area (Å²) in [7, 11) is 4.25. The molecule has 0 radical (unpaired) electrons. The summed E-state index contributed by atoms with van der Waals surface area (Å²) in [6, 6.07) is 4.30. The summed E-state index contributed by atoms with van der Waals surface area (Å²) in [6.45, 7) is 5.80. The molecule has 1 aromatic rings. The number of hydrogen-bond donors (Lipinski definition) is 0. The van der Waals surface area contributed by atoms with Crippen LogP contribution in [-0.4, -0.2) is 43.0 Å². The summed E-state index contributed by atoms with van der Waals surface area (Å²) in [6.07, 6.45) is 2.28. The van der Waals surface area contributed by atoms with Crippen LogP contribution in [0.25, 0.3) is 0 Å². The van der Waals surface area contributed by atoms with Crippen LogP contribution in [0.3, 0.4) is 0 Å². The maximum absolute atomic E-state index is 11.0. The highest BCUT2D eigenvalue weighted by Crippen LogP contribution is 2.30. The topological polar surface area (TPSA) is 49.6 Å². The summed E-state index contributed by atoms with van der Waals surface area (Å²) < 4.78 is 0. The van der Waals surface area contributed by atoms with Crippen LogP contribution in [-0.2, 0) is 0 Å². The average Bonchev–Trinajstić information content (AvgIpc) is 2.40. The van der Waals surface area contributed by atoms with Crippen LogP contribution in [0.15, 0.2) is 12.1 Å². The Labute approximate surface area is 120 Å². The van der Waals surface area contributed by atoms with E-state index in [1.807, 2.05) is 19.9 Å². The number of benzene rings is 1. The number of hydrogen-bond acceptors (Lipinski definition) is 4. The van der Waals surface area contributed by atoms with Gasteiger partial charge in [-0.05, 0) is 52.4 Å². The van der Waals surface area contributed by atoms with Crippen LogP contribution in [0.1, 0.15) is 24.0 Å². The quantitative estimate of drug-likeness (QED) is 0.629. The second-order valence-corrected chi connectivity index (χ2v) is 5.86. The molecule has 1 aromatic carbocycles. The second-order valence-electron chi connectivity index (χ2n) is 5.86. The van der Waals surface area contributed by atoms with Gasteiger partial charge in [-0.2, -0.15) is 0 Å². The monoisotopic (exact) mass is 277 g/mol. The molecule has 110 valence electrons. The van der Waals surface area contributed by atoms with Crippen molar-refractivity contribution in [2.24, 2.45) is 0 Å². The number of nitrogens with zero attached hydrogens (tertiary/aromatic N) is 3. The highest BCUT2D eigenvalue weighted by Gasteiger charge is 2.23. The normalized spacial score (nSPS) is 16.8. The lowest BCUT2D eigenvalue weighted by Gasteiger charge is -2.37. The summed E-state index contributed by atoms with van der Waals surface area (Å²) in [5.74, 6) is 0. The van der Waals surface area contributed by atoms with Crippen LogP contribution >= 0.6 is 0 Å². The fraction of sp³-hybridized carbons (Fsp3) is 0.600. The Morgan fingerprint density at radius 3 is 2.30 bits per heavy atom. The molecule has 1 aliphatic rings. The molecular weight excluding hydrogens is 254 g/mol. The van der Waals surface area contributed by atoms with Gasteiger partial charge in [0.05, 0.1) is 4.92 Å². The summed E-state index contributed by atoms with van der Waals surface area (Å²) in [5, 5.41) is 11.0. The second kappa shape index (κ2) is 5.79. The fourth-order valence-corrected chi connectivity index (χ4v) is 2.95. The van der Waals surface area contributed by atoms with Gasteiger partial charge in [-0.3, -0.25) is 10.1 Å². The maximum Gasteiger partial charge on any atom is 0.272 e. The van der Waals surface area contributed by atoms with E-state index >= 15 is 0 Å². The predicted octanol–water partition coefficient (Wildman–Crippen LogP) is 2.74. The molecule has 0 aliphatic carbocycles. The highest BCUT2D eigenvalue weighted by atomic mass is 16.6. The number of anilines is 1. The van der Waals surface area contributed by atoms with Crippen molar-refractivity contribution >= 4 is 11.4 Å². The van der Waals surface area contributed by atoms with Crippen molar-refractivity contribution < 1.29 is 4.92 Å². The molecule has 0 N–H and O–H groups in total. The lowest BCUT2D eigenvalue weighted by atomic mass is 10.0. The molecule has 1 fully saturated rings. The Morgan fingerprint density at radius 1 is 1.20 bits per heavy atom. The molecule has 0 aromatic heterocycles. The van der Waals surface area contributed by atoms with E-state index in [1.165, 1.54) is 0 Å². The molecular formula is C15H23N3O2. The standard InChI is InChI=1S/C15H23N3O2/c1-11-10-15(18(19)20)12(2)9-14(11)17-7-5-13(6-8-17)16(3)4/h9-10,13H,5-8H2,1-4H3. The van der Waals surface area contributed by atoms with Gasteiger partial charge in [0.1, 0.15) is 0 Å². The molecule has 0 atom stereocenters. The lowest BCUT2D eigenvalue weighted by Crippen LogP contribution is -2.42. The molecule has 2 rings (SSSR count). The van der Waals surface area contributed by atoms with Crippen molar-refractivity contribution in [1.82, 2.24) is 4.90 Å². The van der Waals surface area contributed by atoms with Crippen molar-refractivity contribution in [3.05, 3.63) is 33.4 Å². The molecule has 0 spiro atoms. The van der Waals surface area contributed by atoms with Crippen LogP contribution in [0.5, 0.6) is 0 Å². The first-order valence-corrected chi connectivity index (χ1v) is 7.07. The van der Waals surface area contributed by atoms with Crippen molar-refractivity contribution in [3.8, 4) is 0 Å². The van der Waals surface area contributed by atoms with Gasteiger partial charge in [-0.25, -0.2) is 0 Å². The van der Waals surface area contributed by atoms with Crippen LogP contribution in [0, 0.1) is 24.0 Å². The molecule has 0 saturated carbocycles. The molecule has 0 unspecified atom stereocenters. The van der Waals surface area contributed by atoms with E-state index in [4.69, 9.17) is 0 Å². The zero-order valence-corrected chi connectivity index (χ0v) is 12.7. The third kappa shape index (κ3) is 2.93. The van der Waals surface area contributed by atoms with Gasteiger partial charge in [0.25, 0.3) is 5.69 Å². The zero-order valence-electron chi connectivity index (χ0n) is 12.7. The van der Waals surface area contributed by atoms with Crippen molar-refractivity contribution in [1.29, 1.82) is 0 Å². The SMILES string of the molecule is Cc1cc([N+](=O)[O-])c(C)cc1N1CCC(N(C)C)CC1. The van der Waals surface area contributed by atoms with Gasteiger partial charge >= 0.3 is 0 Å². The van der Waals surface area contributed by atoms with Gasteiger partial charge in [0, 0.05) is 36.4 Å². The molecule has 0 bridgehead atoms. The van der Waals surface area contributed by atoms with E-state index in [9.17, 15) is 10.1 Å². The summed E-state index contributed by atoms with van der Waals surface area (Å²) in [5.41, 5.74) is 3.09. The number of nitro groups is 1. The van der Waals surface area contributed by atoms with Crippen LogP contribution in [0.2, 0.25) is 0 Å². The molecule has 1 aliphatic heterocycles. The number of piperidine rings is 1. The minimum atomic E-state index is -0.301. The Hall–Kier alpha value is -1.62. The lowest BCUT2D eigenvalue weighted by molar-refractivity contribution is -0.385. The maximum atomic E-state index is 11.0. The summed E-state index contributed by atoms with van der Waals surface area (Å²) >= 11 is 0. The zero-order chi connectivity index (χ0) is 14.9. The minimum Gasteiger partial charge on any atom is -0.371 e. The molecule has 5 heteroatoms. The van der Waals surface area contributed by atoms with E-state index in [-0.39, 0.29) is 10.6 Å². The van der Waals surface area contributed by atoms with E-state index in [1.54, 1.807) is 6.07 Å². The van der Waals surface area contributed by atoms with Crippen molar-refractivity contribution in [2.45, 2.75) is 32.7 Å². The van der Waals surface area contributed by atoms with Gasteiger partial charge in [0.2, 0.25) is 0 Å². The highest BCUT2D eigenvalue weighted by molar-refractivity contribution is 5.61. The Morgan fingerprint density at radius 2 is 1.80 bits per heavy atom. The first-order chi connectivity index (χ1) is 9.40. The Bertz CT molecular complexity index is 506. The van der Waals surface area contributed by atoms with Crippen LogP contribution in [0.4, 0.5) is 11.4 Å². The first-order valence-electron chi connectivity index (χ1n) is 7.07. The van der Waals surface area contributed by atoms with Gasteiger partial charge in [-0.1, -0.05) is 0 Å². The van der Waals surface area contributed by atoms with E-state index < -0.39 is 0 Å². The van der Waals surface area contributed by atoms with Crippen LogP contribution < -0.4 is 4.90 Å². The Balaban J connectivity index is 2.18.